The highest BCUT2D eigenvalue weighted by Crippen LogP contribution is 2.37. The van der Waals surface area contributed by atoms with Gasteiger partial charge in [-0.05, 0) is 70.6 Å². The number of hydrogen-bond acceptors (Lipinski definition) is 5. The number of aryl methyl sites for hydroxylation is 1. The predicted octanol–water partition coefficient (Wildman–Crippen LogP) is 5.18. The van der Waals surface area contributed by atoms with E-state index in [2.05, 4.69) is 5.10 Å². The molecule has 32 heavy (non-hydrogen) atoms. The second-order valence-corrected chi connectivity index (χ2v) is 10.5. The Labute approximate surface area is 190 Å². The molecule has 0 N–H and O–H groups in total. The van der Waals surface area contributed by atoms with Crippen molar-refractivity contribution in [2.24, 2.45) is 0 Å². The topological polar surface area (TPSA) is 64.4 Å². The first-order valence-corrected chi connectivity index (χ1v) is 11.9. The maximum atomic E-state index is 14.5. The monoisotopic (exact) mass is 455 g/mol. The number of carbonyl (C=O) groups excluding carboxylic acids is 2. The fraction of sp³-hybridized carbons (Fsp3) is 0.458. The zero-order valence-corrected chi connectivity index (χ0v) is 19.2. The minimum atomic E-state index is -0.597. The van der Waals surface area contributed by atoms with Crippen molar-refractivity contribution < 1.29 is 18.7 Å². The molecule has 2 aromatic heterocycles. The standard InChI is InChI=1S/C24H26FN3O3S/c1-24(2,3)31-23(30)27-12-14-11-16(9-10-19(14)26-27)28(15-7-8-15)22(29)17-13-32-20-6-4-5-18(25)21(17)20/h4-6,12-13,15-16H,7-11H2,1-3H3. The van der Waals surface area contributed by atoms with E-state index in [0.717, 1.165) is 35.2 Å². The Bertz CT molecular complexity index is 1210. The summed E-state index contributed by atoms with van der Waals surface area (Å²) >= 11 is 1.40. The van der Waals surface area contributed by atoms with E-state index in [0.29, 0.717) is 23.8 Å². The zero-order valence-electron chi connectivity index (χ0n) is 18.4. The summed E-state index contributed by atoms with van der Waals surface area (Å²) < 4.78 is 22.0. The van der Waals surface area contributed by atoms with Crippen LogP contribution in [0.4, 0.5) is 9.18 Å². The molecule has 1 fully saturated rings. The summed E-state index contributed by atoms with van der Waals surface area (Å²) in [5.74, 6) is -0.454. The second-order valence-electron chi connectivity index (χ2n) is 9.63. The van der Waals surface area contributed by atoms with Crippen LogP contribution in [0.25, 0.3) is 10.1 Å². The lowest BCUT2D eigenvalue weighted by molar-refractivity contribution is 0.0513. The zero-order chi connectivity index (χ0) is 22.6. The molecular weight excluding hydrogens is 429 g/mol. The van der Waals surface area contributed by atoms with Gasteiger partial charge in [0.15, 0.2) is 0 Å². The summed E-state index contributed by atoms with van der Waals surface area (Å²) in [4.78, 5) is 28.0. The first-order valence-electron chi connectivity index (χ1n) is 11.0. The van der Waals surface area contributed by atoms with E-state index in [9.17, 15) is 14.0 Å². The first-order chi connectivity index (χ1) is 15.2. The van der Waals surface area contributed by atoms with Gasteiger partial charge in [0.1, 0.15) is 11.4 Å². The third-order valence-corrected chi connectivity index (χ3v) is 6.92. The third kappa shape index (κ3) is 3.92. The van der Waals surface area contributed by atoms with Gasteiger partial charge >= 0.3 is 6.09 Å². The van der Waals surface area contributed by atoms with Crippen LogP contribution < -0.4 is 0 Å². The van der Waals surface area contributed by atoms with Crippen molar-refractivity contribution in [3.63, 3.8) is 0 Å². The van der Waals surface area contributed by atoms with Gasteiger partial charge in [-0.3, -0.25) is 4.79 Å². The smallest absolute Gasteiger partial charge is 0.435 e. The molecule has 1 unspecified atom stereocenters. The van der Waals surface area contributed by atoms with Crippen molar-refractivity contribution in [1.82, 2.24) is 14.7 Å². The summed E-state index contributed by atoms with van der Waals surface area (Å²) in [6.07, 6.45) is 5.25. The average Bonchev–Trinajstić information content (AvgIpc) is 3.29. The highest BCUT2D eigenvalue weighted by molar-refractivity contribution is 7.17. The molecule has 168 valence electrons. The fourth-order valence-corrected chi connectivity index (χ4v) is 5.40. The van der Waals surface area contributed by atoms with E-state index in [-0.39, 0.29) is 23.8 Å². The SMILES string of the molecule is CC(C)(C)OC(=O)n1cc2c(n1)CCC(N(C(=O)c1csc3cccc(F)c13)C1CC1)C2. The summed E-state index contributed by atoms with van der Waals surface area (Å²) in [5.41, 5.74) is 1.69. The third-order valence-electron chi connectivity index (χ3n) is 5.97. The Morgan fingerprint density at radius 3 is 2.72 bits per heavy atom. The van der Waals surface area contributed by atoms with Gasteiger partial charge in [0.25, 0.3) is 5.91 Å². The molecule has 1 atom stereocenters. The van der Waals surface area contributed by atoms with Gasteiger partial charge in [-0.15, -0.1) is 11.3 Å². The van der Waals surface area contributed by atoms with Gasteiger partial charge in [-0.2, -0.15) is 9.78 Å². The molecule has 0 bridgehead atoms. The van der Waals surface area contributed by atoms with Crippen LogP contribution in [0.1, 0.15) is 61.6 Å². The Kier molecular flexibility index (Phi) is 5.08. The van der Waals surface area contributed by atoms with Crippen LogP contribution in [-0.2, 0) is 17.6 Å². The van der Waals surface area contributed by atoms with E-state index >= 15 is 0 Å². The molecule has 1 aromatic carbocycles. The molecule has 0 spiro atoms. The first kappa shape index (κ1) is 21.1. The van der Waals surface area contributed by atoms with Gasteiger partial charge < -0.3 is 9.64 Å². The van der Waals surface area contributed by atoms with Crippen molar-refractivity contribution >= 4 is 33.4 Å². The highest BCUT2D eigenvalue weighted by Gasteiger charge is 2.40. The average molecular weight is 456 g/mol. The lowest BCUT2D eigenvalue weighted by atomic mass is 9.91. The predicted molar refractivity (Wildman–Crippen MR) is 121 cm³/mol. The van der Waals surface area contributed by atoms with Gasteiger partial charge in [-0.25, -0.2) is 9.18 Å². The Hall–Kier alpha value is -2.74. The number of nitrogens with zero attached hydrogens (tertiary/aromatic N) is 3. The van der Waals surface area contributed by atoms with E-state index in [1.807, 2.05) is 31.7 Å². The number of thiophene rings is 1. The molecule has 0 radical (unpaired) electrons. The molecule has 2 aliphatic carbocycles. The number of ether oxygens (including phenoxy) is 1. The Morgan fingerprint density at radius 1 is 1.22 bits per heavy atom. The maximum Gasteiger partial charge on any atom is 0.435 e. The minimum Gasteiger partial charge on any atom is -0.442 e. The normalized spacial score (nSPS) is 18.4. The summed E-state index contributed by atoms with van der Waals surface area (Å²) in [5, 5.41) is 6.62. The lowest BCUT2D eigenvalue weighted by Gasteiger charge is -2.34. The number of fused-ring (bicyclic) bond motifs is 2. The molecule has 8 heteroatoms. The van der Waals surface area contributed by atoms with Crippen molar-refractivity contribution in [2.75, 3.05) is 0 Å². The van der Waals surface area contributed by atoms with Gasteiger partial charge in [0.05, 0.1) is 11.3 Å². The van der Waals surface area contributed by atoms with Crippen LogP contribution in [0.5, 0.6) is 0 Å². The van der Waals surface area contributed by atoms with Gasteiger partial charge in [0.2, 0.25) is 0 Å². The molecule has 0 aliphatic heterocycles. The maximum absolute atomic E-state index is 14.5. The van der Waals surface area contributed by atoms with Crippen LogP contribution in [-0.4, -0.2) is 44.4 Å². The van der Waals surface area contributed by atoms with Crippen molar-refractivity contribution in [3.8, 4) is 0 Å². The number of rotatable bonds is 3. The molecule has 2 heterocycles. The molecule has 3 aromatic rings. The Morgan fingerprint density at radius 2 is 2.00 bits per heavy atom. The van der Waals surface area contributed by atoms with E-state index in [1.165, 1.54) is 22.1 Å². The van der Waals surface area contributed by atoms with Crippen LogP contribution in [0.3, 0.4) is 0 Å². The van der Waals surface area contributed by atoms with Crippen LogP contribution in [0, 0.1) is 5.82 Å². The van der Waals surface area contributed by atoms with Crippen molar-refractivity contribution in [3.05, 3.63) is 52.4 Å². The molecule has 5 rings (SSSR count). The van der Waals surface area contributed by atoms with Gasteiger partial charge in [-0.1, -0.05) is 6.07 Å². The summed E-state index contributed by atoms with van der Waals surface area (Å²) in [6, 6.07) is 5.12. The number of halogens is 1. The molecule has 6 nitrogen and oxygen atoms in total. The molecular formula is C24H26FN3O3S. The van der Waals surface area contributed by atoms with Crippen LogP contribution >= 0.6 is 11.3 Å². The fourth-order valence-electron chi connectivity index (χ4n) is 4.45. The number of hydrogen-bond donors (Lipinski definition) is 0. The van der Waals surface area contributed by atoms with Crippen molar-refractivity contribution in [2.45, 2.75) is 70.6 Å². The second kappa shape index (κ2) is 7.69. The van der Waals surface area contributed by atoms with Crippen LogP contribution in [0.15, 0.2) is 29.8 Å². The van der Waals surface area contributed by atoms with E-state index in [4.69, 9.17) is 4.74 Å². The molecule has 0 saturated heterocycles. The lowest BCUT2D eigenvalue weighted by Crippen LogP contribution is -2.44. The van der Waals surface area contributed by atoms with Crippen LogP contribution in [0.2, 0.25) is 0 Å². The highest BCUT2D eigenvalue weighted by atomic mass is 32.1. The van der Waals surface area contributed by atoms with E-state index < -0.39 is 11.7 Å². The number of aromatic nitrogens is 2. The van der Waals surface area contributed by atoms with E-state index in [1.54, 1.807) is 17.6 Å². The quantitative estimate of drug-likeness (QED) is 0.546. The summed E-state index contributed by atoms with van der Waals surface area (Å²) in [6.45, 7) is 5.46. The molecule has 2 aliphatic rings. The van der Waals surface area contributed by atoms with Gasteiger partial charge in [0, 0.05) is 33.7 Å². The molecule has 1 saturated carbocycles. The minimum absolute atomic E-state index is 0.000472. The molecule has 1 amide bonds. The number of carbonyl (C=O) groups is 2. The number of amides is 1. The number of benzene rings is 1. The largest absolute Gasteiger partial charge is 0.442 e. The van der Waals surface area contributed by atoms with Crippen molar-refractivity contribution in [1.29, 1.82) is 0 Å². The summed E-state index contributed by atoms with van der Waals surface area (Å²) in [7, 11) is 0. The Balaban J connectivity index is 1.40.